The van der Waals surface area contributed by atoms with E-state index in [4.69, 9.17) is 11.6 Å². The van der Waals surface area contributed by atoms with E-state index in [1.54, 1.807) is 25.1 Å². The van der Waals surface area contributed by atoms with Crippen molar-refractivity contribution in [3.63, 3.8) is 0 Å². The van der Waals surface area contributed by atoms with Crippen molar-refractivity contribution >= 4 is 29.1 Å². The van der Waals surface area contributed by atoms with Crippen molar-refractivity contribution < 1.29 is 22.8 Å². The second-order valence-corrected chi connectivity index (χ2v) is 9.65. The minimum Gasteiger partial charge on any atom is -0.349 e. The molecule has 0 aliphatic heterocycles. The molecule has 39 heavy (non-hydrogen) atoms. The number of alkyl halides is 3. The van der Waals surface area contributed by atoms with E-state index in [0.29, 0.717) is 16.8 Å². The van der Waals surface area contributed by atoms with Crippen molar-refractivity contribution in [2.45, 2.75) is 45.5 Å². The number of anilines is 1. The Morgan fingerprint density at radius 1 is 1.15 bits per heavy atom. The van der Waals surface area contributed by atoms with Crippen LogP contribution in [0.5, 0.6) is 0 Å². The lowest BCUT2D eigenvalue weighted by Gasteiger charge is -2.16. The average molecular weight is 559 g/mol. The number of carbonyl (C=O) groups excluding carboxylic acids is 2. The van der Waals surface area contributed by atoms with Crippen LogP contribution in [0.1, 0.15) is 56.2 Å². The van der Waals surface area contributed by atoms with Crippen LogP contribution in [0.4, 0.5) is 18.9 Å². The van der Waals surface area contributed by atoms with Gasteiger partial charge in [0.15, 0.2) is 11.5 Å². The number of aromatic nitrogens is 6. The first-order valence-electron chi connectivity index (χ1n) is 11.9. The average Bonchev–Trinajstić information content (AvgIpc) is 3.37. The summed E-state index contributed by atoms with van der Waals surface area (Å²) in [7, 11) is 0. The first kappa shape index (κ1) is 26.4. The van der Waals surface area contributed by atoms with Gasteiger partial charge in [-0.1, -0.05) is 22.9 Å². The van der Waals surface area contributed by atoms with Crippen LogP contribution >= 0.6 is 11.6 Å². The number of nitrogens with one attached hydrogen (secondary N) is 2. The third-order valence-corrected chi connectivity index (χ3v) is 6.26. The molecule has 202 valence electrons. The molecule has 14 heteroatoms. The van der Waals surface area contributed by atoms with Crippen molar-refractivity contribution in [3.8, 4) is 5.82 Å². The molecule has 1 saturated carbocycles. The lowest BCUT2D eigenvalue weighted by atomic mass is 10.0. The van der Waals surface area contributed by atoms with Gasteiger partial charge in [-0.3, -0.25) is 9.59 Å². The van der Waals surface area contributed by atoms with Crippen LogP contribution in [0.2, 0.25) is 5.02 Å². The zero-order chi connectivity index (χ0) is 27.9. The number of halogens is 4. The highest BCUT2D eigenvalue weighted by Crippen LogP contribution is 2.28. The van der Waals surface area contributed by atoms with E-state index in [0.717, 1.165) is 29.3 Å². The number of rotatable bonds is 7. The zero-order valence-electron chi connectivity index (χ0n) is 20.8. The lowest BCUT2D eigenvalue weighted by Crippen LogP contribution is -2.28. The number of pyridine rings is 1. The number of benzene rings is 1. The molecule has 2 amide bonds. The van der Waals surface area contributed by atoms with E-state index < -0.39 is 17.8 Å². The molecule has 2 N–H and O–H groups in total. The number of amides is 2. The van der Waals surface area contributed by atoms with Crippen molar-refractivity contribution in [1.82, 2.24) is 35.1 Å². The summed E-state index contributed by atoms with van der Waals surface area (Å²) >= 11 is 6.32. The predicted molar refractivity (Wildman–Crippen MR) is 135 cm³/mol. The maximum atomic E-state index is 13.6. The Balaban J connectivity index is 1.51. The molecule has 0 atom stereocenters. The van der Waals surface area contributed by atoms with Gasteiger partial charge in [-0.15, -0.1) is 5.10 Å². The van der Waals surface area contributed by atoms with Crippen LogP contribution in [0, 0.1) is 13.8 Å². The number of hydrogen-bond donors (Lipinski definition) is 2. The minimum absolute atomic E-state index is 0.00436. The molecule has 0 saturated heterocycles. The third kappa shape index (κ3) is 5.77. The molecule has 1 aliphatic carbocycles. The Labute approximate surface area is 225 Å². The molecule has 3 aromatic heterocycles. The summed E-state index contributed by atoms with van der Waals surface area (Å²) in [5.41, 5.74) is 1.22. The summed E-state index contributed by atoms with van der Waals surface area (Å²) in [6.07, 6.45) is -0.642. The molecule has 4 aromatic rings. The van der Waals surface area contributed by atoms with Crippen LogP contribution < -0.4 is 10.6 Å². The highest BCUT2D eigenvalue weighted by atomic mass is 35.5. The van der Waals surface area contributed by atoms with Gasteiger partial charge in [-0.25, -0.2) is 14.3 Å². The summed E-state index contributed by atoms with van der Waals surface area (Å²) in [6, 6.07) is 8.20. The Bertz CT molecular complexity index is 1580. The predicted octanol–water partition coefficient (Wildman–Crippen LogP) is 4.34. The largest absolute Gasteiger partial charge is 0.436 e. The number of hydrogen-bond acceptors (Lipinski definition) is 6. The van der Waals surface area contributed by atoms with Crippen molar-refractivity contribution in [1.29, 1.82) is 0 Å². The number of nitrogens with zero attached hydrogens (tertiary/aromatic N) is 6. The SMILES string of the molecule is Cc1cc(C)c(NC(=O)c2cc(Cn3cc(C(F)(F)F)nn3)nn2-c2ncccc2Cl)c(C(=O)NC2CC2)c1. The van der Waals surface area contributed by atoms with Crippen molar-refractivity contribution in [2.24, 2.45) is 0 Å². The van der Waals surface area contributed by atoms with Gasteiger partial charge in [0.25, 0.3) is 11.8 Å². The fourth-order valence-corrected chi connectivity index (χ4v) is 4.22. The van der Waals surface area contributed by atoms with Gasteiger partial charge in [0, 0.05) is 12.2 Å². The molecule has 0 unspecified atom stereocenters. The van der Waals surface area contributed by atoms with E-state index in [9.17, 15) is 22.8 Å². The van der Waals surface area contributed by atoms with Crippen LogP contribution in [-0.4, -0.2) is 47.6 Å². The molecule has 0 radical (unpaired) electrons. The molecular weight excluding hydrogens is 537 g/mol. The molecule has 0 bridgehead atoms. The van der Waals surface area contributed by atoms with E-state index in [1.807, 2.05) is 13.0 Å². The summed E-state index contributed by atoms with van der Waals surface area (Å²) in [5, 5.41) is 17.0. The highest BCUT2D eigenvalue weighted by Gasteiger charge is 2.34. The lowest BCUT2D eigenvalue weighted by molar-refractivity contribution is -0.141. The second-order valence-electron chi connectivity index (χ2n) is 9.25. The smallest absolute Gasteiger partial charge is 0.349 e. The quantitative estimate of drug-likeness (QED) is 0.348. The molecule has 1 fully saturated rings. The van der Waals surface area contributed by atoms with Gasteiger partial charge in [0.05, 0.1) is 34.7 Å². The zero-order valence-corrected chi connectivity index (χ0v) is 21.5. The van der Waals surface area contributed by atoms with Gasteiger partial charge in [-0.2, -0.15) is 18.3 Å². The van der Waals surface area contributed by atoms with Crippen LogP contribution in [0.25, 0.3) is 5.82 Å². The Morgan fingerprint density at radius 2 is 1.92 bits per heavy atom. The second kappa shape index (κ2) is 10.1. The highest BCUT2D eigenvalue weighted by molar-refractivity contribution is 6.32. The first-order chi connectivity index (χ1) is 18.5. The summed E-state index contributed by atoms with van der Waals surface area (Å²) in [6.45, 7) is 3.42. The standard InChI is InChI=1S/C25H22ClF3N8O2/c1-13-8-14(2)21(17(9-13)23(38)31-15-5-6-15)32-24(39)19-10-16(11-36-12-20(33-35-36)25(27,28)29)34-37(19)22-18(26)4-3-7-30-22/h3-4,7-10,12,15H,5-6,11H2,1-2H3,(H,31,38)(H,32,39). The molecule has 0 spiro atoms. The van der Waals surface area contributed by atoms with E-state index in [-0.39, 0.29) is 40.7 Å². The third-order valence-electron chi connectivity index (χ3n) is 5.96. The fourth-order valence-electron chi connectivity index (χ4n) is 4.02. The van der Waals surface area contributed by atoms with Crippen LogP contribution in [-0.2, 0) is 12.7 Å². The molecule has 3 heterocycles. The fraction of sp³-hybridized carbons (Fsp3) is 0.280. The topological polar surface area (TPSA) is 120 Å². The normalized spacial score (nSPS) is 13.4. The molecule has 10 nitrogen and oxygen atoms in total. The van der Waals surface area contributed by atoms with Gasteiger partial charge in [0.1, 0.15) is 5.69 Å². The van der Waals surface area contributed by atoms with Gasteiger partial charge < -0.3 is 10.6 Å². The summed E-state index contributed by atoms with van der Waals surface area (Å²) < 4.78 is 41.1. The molecule has 1 aliphatic rings. The maximum absolute atomic E-state index is 13.6. The van der Waals surface area contributed by atoms with Gasteiger partial charge >= 0.3 is 6.18 Å². The van der Waals surface area contributed by atoms with Crippen LogP contribution in [0.15, 0.2) is 42.7 Å². The van der Waals surface area contributed by atoms with E-state index in [2.05, 4.69) is 31.0 Å². The molecule has 1 aromatic carbocycles. The summed E-state index contributed by atoms with van der Waals surface area (Å²) in [4.78, 5) is 30.8. The monoisotopic (exact) mass is 558 g/mol. The molecular formula is C25H22ClF3N8O2. The Hall–Kier alpha value is -4.26. The molecule has 5 rings (SSSR count). The van der Waals surface area contributed by atoms with E-state index >= 15 is 0 Å². The van der Waals surface area contributed by atoms with Gasteiger partial charge in [-0.05, 0) is 62.1 Å². The summed E-state index contributed by atoms with van der Waals surface area (Å²) in [5.74, 6) is -0.789. The van der Waals surface area contributed by atoms with Crippen molar-refractivity contribution in [2.75, 3.05) is 5.32 Å². The number of aryl methyl sites for hydroxylation is 2. The van der Waals surface area contributed by atoms with Gasteiger partial charge in [0.2, 0.25) is 0 Å². The minimum atomic E-state index is -4.65. The van der Waals surface area contributed by atoms with Crippen molar-refractivity contribution in [3.05, 3.63) is 81.5 Å². The maximum Gasteiger partial charge on any atom is 0.436 e. The Kier molecular flexibility index (Phi) is 6.85. The Morgan fingerprint density at radius 3 is 2.59 bits per heavy atom. The van der Waals surface area contributed by atoms with Crippen LogP contribution in [0.3, 0.4) is 0 Å². The first-order valence-corrected chi connectivity index (χ1v) is 12.3. The number of carbonyl (C=O) groups is 2. The van der Waals surface area contributed by atoms with E-state index in [1.165, 1.54) is 16.9 Å².